The molecule has 1 heterocycles. The fraction of sp³-hybridized carbons (Fsp3) is 0.400. The molecule has 27 heavy (non-hydrogen) atoms. The van der Waals surface area contributed by atoms with Gasteiger partial charge < -0.3 is 14.2 Å². The van der Waals surface area contributed by atoms with Crippen LogP contribution in [-0.2, 0) is 16.1 Å². The van der Waals surface area contributed by atoms with Crippen LogP contribution in [0.5, 0.6) is 11.6 Å². The minimum atomic E-state index is -0.0358. The predicted octanol–water partition coefficient (Wildman–Crippen LogP) is 4.85. The van der Waals surface area contributed by atoms with Crippen LogP contribution in [0.2, 0.25) is 5.02 Å². The first kappa shape index (κ1) is 19.8. The molecule has 0 aliphatic heterocycles. The minimum absolute atomic E-state index is 0.0358. The maximum Gasteiger partial charge on any atom is 0.293 e. The van der Waals surface area contributed by atoms with Gasteiger partial charge in [-0.2, -0.15) is 0 Å². The fourth-order valence-corrected chi connectivity index (χ4v) is 3.88. The van der Waals surface area contributed by atoms with Gasteiger partial charge in [0.15, 0.2) is 0 Å². The molecule has 0 radical (unpaired) electrons. The third-order valence-corrected chi connectivity index (χ3v) is 5.54. The van der Waals surface area contributed by atoms with Crippen molar-refractivity contribution < 1.29 is 19.0 Å². The molecule has 0 saturated heterocycles. The van der Waals surface area contributed by atoms with Crippen molar-refractivity contribution in [2.24, 2.45) is 0 Å². The van der Waals surface area contributed by atoms with Crippen molar-refractivity contribution in [3.8, 4) is 11.6 Å². The highest BCUT2D eigenvalue weighted by atomic mass is 35.5. The van der Waals surface area contributed by atoms with Crippen molar-refractivity contribution >= 4 is 29.8 Å². The number of hydrogen-bond donors (Lipinski definition) is 0. The first-order valence-corrected chi connectivity index (χ1v) is 9.99. The Kier molecular flexibility index (Phi) is 6.50. The maximum absolute atomic E-state index is 10.4. The Morgan fingerprint density at radius 2 is 2.15 bits per heavy atom. The third-order valence-electron chi connectivity index (χ3n) is 4.20. The number of carbonyl (C=O) groups is 1. The number of hydrogen-bond acceptors (Lipinski definition) is 6. The molecule has 2 aromatic rings. The Morgan fingerprint density at radius 1 is 1.33 bits per heavy atom. The third kappa shape index (κ3) is 5.08. The lowest BCUT2D eigenvalue weighted by Gasteiger charge is -2.14. The standard InChI is InChI=1S/C20H22ClNO4S/c1-12(2)27-20-14(5-7-19(22-20)24-3)10-25-17-6-4-13(8-16(17)21)15-9-18(15)26-11-23/h4-8,11-12,15,18H,9-10H2,1-3H3. The summed E-state index contributed by atoms with van der Waals surface area (Å²) in [5.74, 6) is 1.42. The van der Waals surface area contributed by atoms with Crippen molar-refractivity contribution in [2.75, 3.05) is 7.11 Å². The largest absolute Gasteiger partial charge is 0.487 e. The van der Waals surface area contributed by atoms with Gasteiger partial charge in [-0.15, -0.1) is 11.8 Å². The van der Waals surface area contributed by atoms with E-state index in [2.05, 4.69) is 18.8 Å². The van der Waals surface area contributed by atoms with E-state index in [-0.39, 0.29) is 12.0 Å². The number of aromatic nitrogens is 1. The number of rotatable bonds is 9. The number of halogens is 1. The van der Waals surface area contributed by atoms with E-state index in [0.29, 0.717) is 35.0 Å². The highest BCUT2D eigenvalue weighted by Gasteiger charge is 2.40. The molecule has 3 rings (SSSR count). The van der Waals surface area contributed by atoms with Gasteiger partial charge in [-0.05, 0) is 30.2 Å². The minimum Gasteiger partial charge on any atom is -0.487 e. The monoisotopic (exact) mass is 407 g/mol. The van der Waals surface area contributed by atoms with Crippen LogP contribution in [0.1, 0.15) is 37.3 Å². The molecule has 1 aromatic carbocycles. The van der Waals surface area contributed by atoms with E-state index in [1.165, 1.54) is 0 Å². The van der Waals surface area contributed by atoms with Gasteiger partial charge >= 0.3 is 0 Å². The summed E-state index contributed by atoms with van der Waals surface area (Å²) in [5.41, 5.74) is 2.04. The molecule has 5 nitrogen and oxygen atoms in total. The van der Waals surface area contributed by atoms with Crippen molar-refractivity contribution in [3.63, 3.8) is 0 Å². The molecule has 1 aliphatic carbocycles. The molecule has 1 saturated carbocycles. The van der Waals surface area contributed by atoms with Crippen molar-refractivity contribution in [1.82, 2.24) is 4.98 Å². The number of carbonyl (C=O) groups excluding carboxylic acids is 1. The summed E-state index contributed by atoms with van der Waals surface area (Å²) >= 11 is 8.05. The van der Waals surface area contributed by atoms with Crippen LogP contribution in [0.15, 0.2) is 35.4 Å². The maximum atomic E-state index is 10.4. The summed E-state index contributed by atoms with van der Waals surface area (Å²) in [6.45, 7) is 5.10. The Hall–Kier alpha value is -1.92. The van der Waals surface area contributed by atoms with Crippen LogP contribution in [0, 0.1) is 0 Å². The van der Waals surface area contributed by atoms with E-state index in [9.17, 15) is 4.79 Å². The molecule has 0 spiro atoms. The zero-order chi connectivity index (χ0) is 19.4. The van der Waals surface area contributed by atoms with Crippen LogP contribution < -0.4 is 9.47 Å². The van der Waals surface area contributed by atoms with Crippen molar-refractivity contribution in [3.05, 3.63) is 46.5 Å². The second kappa shape index (κ2) is 8.85. The Bertz CT molecular complexity index is 815. The highest BCUT2D eigenvalue weighted by Crippen LogP contribution is 2.44. The number of thioether (sulfide) groups is 1. The lowest BCUT2D eigenvalue weighted by Crippen LogP contribution is -2.02. The van der Waals surface area contributed by atoms with E-state index >= 15 is 0 Å². The van der Waals surface area contributed by atoms with Crippen LogP contribution in [0.4, 0.5) is 0 Å². The highest BCUT2D eigenvalue weighted by molar-refractivity contribution is 7.99. The topological polar surface area (TPSA) is 57.7 Å². The molecule has 1 fully saturated rings. The van der Waals surface area contributed by atoms with E-state index < -0.39 is 0 Å². The average Bonchev–Trinajstić information content (AvgIpc) is 3.40. The summed E-state index contributed by atoms with van der Waals surface area (Å²) in [6.07, 6.45) is 0.800. The molecule has 2 unspecified atom stereocenters. The lowest BCUT2D eigenvalue weighted by atomic mass is 10.1. The summed E-state index contributed by atoms with van der Waals surface area (Å²) < 4.78 is 16.1. The normalized spacial score (nSPS) is 18.3. The molecule has 0 N–H and O–H groups in total. The lowest BCUT2D eigenvalue weighted by molar-refractivity contribution is -0.129. The second-order valence-electron chi connectivity index (χ2n) is 6.58. The first-order chi connectivity index (χ1) is 13.0. The molecule has 1 aromatic heterocycles. The van der Waals surface area contributed by atoms with Gasteiger partial charge in [0.2, 0.25) is 5.88 Å². The molecular formula is C20H22ClNO4S. The summed E-state index contributed by atoms with van der Waals surface area (Å²) in [6, 6.07) is 9.50. The van der Waals surface area contributed by atoms with E-state index in [0.717, 1.165) is 22.6 Å². The van der Waals surface area contributed by atoms with Crippen LogP contribution >= 0.6 is 23.4 Å². The smallest absolute Gasteiger partial charge is 0.293 e. The quantitative estimate of drug-likeness (QED) is 0.437. The molecule has 0 amide bonds. The van der Waals surface area contributed by atoms with Crippen molar-refractivity contribution in [1.29, 1.82) is 0 Å². The Labute approximate surface area is 168 Å². The fourth-order valence-electron chi connectivity index (χ4n) is 2.77. The number of pyridine rings is 1. The number of nitrogens with zero attached hydrogens (tertiary/aromatic N) is 1. The summed E-state index contributed by atoms with van der Waals surface area (Å²) in [4.78, 5) is 14.9. The average molecular weight is 408 g/mol. The Balaban J connectivity index is 1.69. The second-order valence-corrected chi connectivity index (χ2v) is 8.55. The molecule has 144 valence electrons. The molecule has 7 heteroatoms. The van der Waals surface area contributed by atoms with Gasteiger partial charge in [0, 0.05) is 22.8 Å². The Morgan fingerprint density at radius 3 is 2.81 bits per heavy atom. The van der Waals surface area contributed by atoms with Gasteiger partial charge in [0.1, 0.15) is 23.5 Å². The molecule has 2 atom stereocenters. The van der Waals surface area contributed by atoms with Gasteiger partial charge in [-0.1, -0.05) is 31.5 Å². The SMILES string of the molecule is COc1ccc(COc2ccc(C3CC3OC=O)cc2Cl)c(SC(C)C)n1. The van der Waals surface area contributed by atoms with Gasteiger partial charge in [0.25, 0.3) is 6.47 Å². The first-order valence-electron chi connectivity index (χ1n) is 8.73. The molecule has 1 aliphatic rings. The number of ether oxygens (including phenoxy) is 3. The van der Waals surface area contributed by atoms with Gasteiger partial charge in [-0.3, -0.25) is 4.79 Å². The van der Waals surface area contributed by atoms with Crippen LogP contribution in [0.3, 0.4) is 0 Å². The molecule has 0 bridgehead atoms. The van der Waals surface area contributed by atoms with Crippen LogP contribution in [-0.4, -0.2) is 29.9 Å². The van der Waals surface area contributed by atoms with E-state index in [4.69, 9.17) is 25.8 Å². The number of methoxy groups -OCH3 is 1. The van der Waals surface area contributed by atoms with E-state index in [1.54, 1.807) is 18.9 Å². The summed E-state index contributed by atoms with van der Waals surface area (Å²) in [7, 11) is 1.61. The van der Waals surface area contributed by atoms with Gasteiger partial charge in [0.05, 0.1) is 12.1 Å². The zero-order valence-electron chi connectivity index (χ0n) is 15.5. The zero-order valence-corrected chi connectivity index (χ0v) is 17.0. The van der Waals surface area contributed by atoms with Crippen LogP contribution in [0.25, 0.3) is 0 Å². The predicted molar refractivity (Wildman–Crippen MR) is 106 cm³/mol. The van der Waals surface area contributed by atoms with Gasteiger partial charge in [-0.25, -0.2) is 4.98 Å². The molecular weight excluding hydrogens is 386 g/mol. The van der Waals surface area contributed by atoms with Crippen molar-refractivity contribution in [2.45, 2.75) is 49.2 Å². The number of benzene rings is 1. The van der Waals surface area contributed by atoms with E-state index in [1.807, 2.05) is 30.3 Å². The summed E-state index contributed by atoms with van der Waals surface area (Å²) in [5, 5.41) is 1.83.